The SMILES string of the molecule is CO[C@H]1O[C@H](CO)[C@@H](O)[C@H](OP(=O)(O)O[C@H]2O[C@H](CO)[C@@H](O)[C@H](O)[C@@H]2O)[C@@H]1O. The van der Waals surface area contributed by atoms with Gasteiger partial charge in [-0.15, -0.1) is 0 Å². The summed E-state index contributed by atoms with van der Waals surface area (Å²) >= 11 is 0. The summed E-state index contributed by atoms with van der Waals surface area (Å²) in [5.74, 6) is 0. The van der Waals surface area contributed by atoms with E-state index in [0.717, 1.165) is 7.11 Å². The lowest BCUT2D eigenvalue weighted by Crippen LogP contribution is -2.60. The summed E-state index contributed by atoms with van der Waals surface area (Å²) in [6, 6.07) is 0. The molecule has 8 N–H and O–H groups in total. The van der Waals surface area contributed by atoms with E-state index < -0.39 is 82.4 Å². The van der Waals surface area contributed by atoms with Crippen molar-refractivity contribution < 1.29 is 68.5 Å². The van der Waals surface area contributed by atoms with Gasteiger partial charge in [0.2, 0.25) is 0 Å². The van der Waals surface area contributed by atoms with Crippen molar-refractivity contribution in [1.29, 1.82) is 0 Å². The number of rotatable bonds is 7. The highest BCUT2D eigenvalue weighted by atomic mass is 31.2. The van der Waals surface area contributed by atoms with Crippen LogP contribution in [0.5, 0.6) is 0 Å². The molecule has 0 saturated carbocycles. The Morgan fingerprint density at radius 2 is 1.32 bits per heavy atom. The van der Waals surface area contributed by atoms with Gasteiger partial charge in [0.05, 0.1) is 13.2 Å². The molecule has 2 heterocycles. The first-order chi connectivity index (χ1) is 13.1. The molecule has 2 rings (SSSR count). The average Bonchev–Trinajstić information content (AvgIpc) is 2.65. The van der Waals surface area contributed by atoms with Gasteiger partial charge in [0.25, 0.3) is 0 Å². The third kappa shape index (κ3) is 5.06. The zero-order valence-electron chi connectivity index (χ0n) is 14.7. The van der Waals surface area contributed by atoms with Gasteiger partial charge in [-0.2, -0.15) is 0 Å². The molecule has 28 heavy (non-hydrogen) atoms. The molecule has 14 nitrogen and oxygen atoms in total. The van der Waals surface area contributed by atoms with E-state index in [1.54, 1.807) is 0 Å². The second-order valence-electron chi connectivity index (χ2n) is 6.28. The summed E-state index contributed by atoms with van der Waals surface area (Å²) in [6.07, 6.45) is -17.0. The molecule has 0 bridgehead atoms. The number of aliphatic hydroxyl groups is 7. The lowest BCUT2D eigenvalue weighted by atomic mass is 9.99. The number of ether oxygens (including phenoxy) is 3. The van der Waals surface area contributed by atoms with Gasteiger partial charge in [-0.05, 0) is 0 Å². The molecule has 0 aromatic heterocycles. The van der Waals surface area contributed by atoms with Crippen LogP contribution in [0.4, 0.5) is 0 Å². The molecule has 1 unspecified atom stereocenters. The molecule has 2 fully saturated rings. The van der Waals surface area contributed by atoms with Crippen LogP contribution in [0.1, 0.15) is 0 Å². The van der Waals surface area contributed by atoms with E-state index in [-0.39, 0.29) is 0 Å². The number of phosphoric acid groups is 1. The van der Waals surface area contributed by atoms with Crippen LogP contribution in [0.3, 0.4) is 0 Å². The lowest BCUT2D eigenvalue weighted by molar-refractivity contribution is -0.298. The van der Waals surface area contributed by atoms with E-state index in [4.69, 9.17) is 23.8 Å². The third-order valence-electron chi connectivity index (χ3n) is 4.39. The van der Waals surface area contributed by atoms with Gasteiger partial charge in [-0.1, -0.05) is 0 Å². The minimum Gasteiger partial charge on any atom is -0.394 e. The quantitative estimate of drug-likeness (QED) is 0.176. The fourth-order valence-corrected chi connectivity index (χ4v) is 3.88. The van der Waals surface area contributed by atoms with Crippen LogP contribution in [-0.2, 0) is 27.8 Å². The van der Waals surface area contributed by atoms with Gasteiger partial charge in [-0.25, -0.2) is 4.57 Å². The van der Waals surface area contributed by atoms with Crippen LogP contribution in [0.2, 0.25) is 0 Å². The Hall–Kier alpha value is -0.290. The Balaban J connectivity index is 2.12. The Labute approximate surface area is 159 Å². The second kappa shape index (κ2) is 9.68. The molecule has 15 heteroatoms. The normalized spacial score (nSPS) is 46.9. The topological polar surface area (TPSA) is 225 Å². The van der Waals surface area contributed by atoms with E-state index in [2.05, 4.69) is 4.52 Å². The highest BCUT2D eigenvalue weighted by molar-refractivity contribution is 7.47. The zero-order valence-corrected chi connectivity index (χ0v) is 15.6. The summed E-state index contributed by atoms with van der Waals surface area (Å²) in [7, 11) is -4.03. The van der Waals surface area contributed by atoms with Crippen molar-refractivity contribution in [1.82, 2.24) is 0 Å². The molecular weight excluding hydrogens is 411 g/mol. The van der Waals surface area contributed by atoms with Crippen molar-refractivity contribution in [2.75, 3.05) is 20.3 Å². The van der Waals surface area contributed by atoms with E-state index in [9.17, 15) is 40.1 Å². The van der Waals surface area contributed by atoms with Crippen molar-refractivity contribution in [3.63, 3.8) is 0 Å². The molecule has 0 spiro atoms. The molecule has 166 valence electrons. The summed E-state index contributed by atoms with van der Waals surface area (Å²) in [5, 5.41) is 67.7. The number of methoxy groups -OCH3 is 1. The number of hydrogen-bond donors (Lipinski definition) is 8. The standard InChI is InChI=1S/C13H25O14P/c1-23-12-10(20)11(7(17)5(3-15)24-12)26-28(21,22)27-13-9(19)8(18)6(16)4(2-14)25-13/h4-20H,2-3H2,1H3,(H,21,22)/t4-,5-,6-,7-,8+,9+,10+,11+,12+,13-/m1/s1. The Bertz CT molecular complexity index is 531. The molecule has 2 aliphatic rings. The summed E-state index contributed by atoms with van der Waals surface area (Å²) in [6.45, 7) is -1.52. The molecule has 0 radical (unpaired) electrons. The number of hydrogen-bond acceptors (Lipinski definition) is 13. The molecule has 2 saturated heterocycles. The molecule has 11 atom stereocenters. The summed E-state index contributed by atoms with van der Waals surface area (Å²) < 4.78 is 36.5. The van der Waals surface area contributed by atoms with Crippen molar-refractivity contribution in [3.05, 3.63) is 0 Å². The first-order valence-corrected chi connectivity index (χ1v) is 9.71. The molecule has 0 aliphatic carbocycles. The van der Waals surface area contributed by atoms with Crippen molar-refractivity contribution in [2.45, 2.75) is 61.4 Å². The number of phosphoric ester groups is 1. The summed E-state index contributed by atoms with van der Waals surface area (Å²) in [5.41, 5.74) is 0. The predicted octanol–water partition coefficient (Wildman–Crippen LogP) is -4.63. The lowest BCUT2D eigenvalue weighted by Gasteiger charge is -2.42. The van der Waals surface area contributed by atoms with Gasteiger partial charge in [0.15, 0.2) is 12.6 Å². The smallest absolute Gasteiger partial charge is 0.394 e. The molecule has 0 amide bonds. The van der Waals surface area contributed by atoms with Gasteiger partial charge in [-0.3, -0.25) is 9.05 Å². The monoisotopic (exact) mass is 436 g/mol. The van der Waals surface area contributed by atoms with Gasteiger partial charge in [0, 0.05) is 7.11 Å². The van der Waals surface area contributed by atoms with Crippen LogP contribution < -0.4 is 0 Å². The van der Waals surface area contributed by atoms with Gasteiger partial charge < -0.3 is 54.8 Å². The average molecular weight is 436 g/mol. The van der Waals surface area contributed by atoms with E-state index >= 15 is 0 Å². The van der Waals surface area contributed by atoms with Crippen LogP contribution in [0.15, 0.2) is 0 Å². The fraction of sp³-hybridized carbons (Fsp3) is 1.00. The van der Waals surface area contributed by atoms with Crippen LogP contribution >= 0.6 is 7.82 Å². The Morgan fingerprint density at radius 3 is 1.86 bits per heavy atom. The maximum atomic E-state index is 12.3. The van der Waals surface area contributed by atoms with E-state index in [1.165, 1.54) is 0 Å². The Kier molecular flexibility index (Phi) is 8.29. The van der Waals surface area contributed by atoms with Gasteiger partial charge in [0.1, 0.15) is 48.8 Å². The molecule has 2 aliphatic heterocycles. The van der Waals surface area contributed by atoms with E-state index in [0.29, 0.717) is 0 Å². The maximum Gasteiger partial charge on any atom is 0.475 e. The first-order valence-electron chi connectivity index (χ1n) is 8.21. The second-order valence-corrected chi connectivity index (χ2v) is 7.64. The van der Waals surface area contributed by atoms with Crippen molar-refractivity contribution in [3.8, 4) is 0 Å². The number of aliphatic hydroxyl groups excluding tert-OH is 7. The minimum absolute atomic E-state index is 0.725. The largest absolute Gasteiger partial charge is 0.475 e. The zero-order chi connectivity index (χ0) is 21.2. The van der Waals surface area contributed by atoms with Crippen LogP contribution in [0.25, 0.3) is 0 Å². The van der Waals surface area contributed by atoms with E-state index in [1.807, 2.05) is 0 Å². The van der Waals surface area contributed by atoms with Crippen LogP contribution in [-0.4, -0.2) is 122 Å². The van der Waals surface area contributed by atoms with Gasteiger partial charge >= 0.3 is 7.82 Å². The van der Waals surface area contributed by atoms with Crippen molar-refractivity contribution >= 4 is 7.82 Å². The summed E-state index contributed by atoms with van der Waals surface area (Å²) in [4.78, 5) is 9.95. The van der Waals surface area contributed by atoms with Crippen molar-refractivity contribution in [2.24, 2.45) is 0 Å². The highest BCUT2D eigenvalue weighted by Crippen LogP contribution is 2.49. The molecule has 0 aromatic rings. The molecular formula is C13H25O14P. The highest BCUT2D eigenvalue weighted by Gasteiger charge is 2.51. The third-order valence-corrected chi connectivity index (χ3v) is 5.38. The first kappa shape index (κ1) is 24.0. The predicted molar refractivity (Wildman–Crippen MR) is 84.3 cm³/mol. The maximum absolute atomic E-state index is 12.3. The Morgan fingerprint density at radius 1 is 0.786 bits per heavy atom. The molecule has 0 aromatic carbocycles. The fourth-order valence-electron chi connectivity index (χ4n) is 2.84. The van der Waals surface area contributed by atoms with Crippen LogP contribution in [0, 0.1) is 0 Å². The minimum atomic E-state index is -5.17.